The standard InChI is InChI=1S/C22H17Cl2NO3/c1-14(21(26)25-20-13-18(23)11-12-19(20)24)28-22(27)17-9-7-16(8-10-17)15-5-3-2-4-6-15/h2-14H,1H3,(H,25,26)/t14-/m0/s1. The van der Waals surface area contributed by atoms with E-state index < -0.39 is 18.0 Å². The maximum atomic E-state index is 12.3. The van der Waals surface area contributed by atoms with E-state index in [1.54, 1.807) is 24.3 Å². The summed E-state index contributed by atoms with van der Waals surface area (Å²) < 4.78 is 5.26. The molecule has 0 saturated carbocycles. The first kappa shape index (κ1) is 19.9. The van der Waals surface area contributed by atoms with E-state index in [1.807, 2.05) is 42.5 Å². The zero-order valence-corrected chi connectivity index (χ0v) is 16.5. The summed E-state index contributed by atoms with van der Waals surface area (Å²) in [7, 11) is 0. The molecule has 0 unspecified atom stereocenters. The number of carbonyl (C=O) groups is 2. The molecular formula is C22H17Cl2NO3. The van der Waals surface area contributed by atoms with Crippen molar-refractivity contribution in [3.8, 4) is 11.1 Å². The first-order valence-electron chi connectivity index (χ1n) is 8.56. The highest BCUT2D eigenvalue weighted by atomic mass is 35.5. The molecule has 1 N–H and O–H groups in total. The minimum Gasteiger partial charge on any atom is -0.449 e. The summed E-state index contributed by atoms with van der Waals surface area (Å²) in [5.74, 6) is -1.09. The van der Waals surface area contributed by atoms with Crippen molar-refractivity contribution in [3.63, 3.8) is 0 Å². The molecule has 6 heteroatoms. The number of hydrogen-bond donors (Lipinski definition) is 1. The highest BCUT2D eigenvalue weighted by Crippen LogP contribution is 2.25. The van der Waals surface area contributed by atoms with Crippen LogP contribution in [0.4, 0.5) is 5.69 Å². The lowest BCUT2D eigenvalue weighted by Gasteiger charge is -2.14. The summed E-state index contributed by atoms with van der Waals surface area (Å²) in [6, 6.07) is 21.5. The number of halogens is 2. The molecule has 1 amide bonds. The fourth-order valence-electron chi connectivity index (χ4n) is 2.54. The molecule has 0 aromatic heterocycles. The Hall–Kier alpha value is -2.82. The monoisotopic (exact) mass is 413 g/mol. The molecule has 142 valence electrons. The van der Waals surface area contributed by atoms with Crippen LogP contribution in [0.5, 0.6) is 0 Å². The molecule has 0 fully saturated rings. The van der Waals surface area contributed by atoms with Gasteiger partial charge in [-0.2, -0.15) is 0 Å². The van der Waals surface area contributed by atoms with Crippen molar-refractivity contribution in [2.45, 2.75) is 13.0 Å². The third-order valence-electron chi connectivity index (χ3n) is 4.07. The van der Waals surface area contributed by atoms with Gasteiger partial charge >= 0.3 is 5.97 Å². The Kier molecular flexibility index (Phi) is 6.34. The normalized spacial score (nSPS) is 11.5. The minimum absolute atomic E-state index is 0.341. The van der Waals surface area contributed by atoms with Crippen molar-refractivity contribution >= 4 is 40.8 Å². The molecule has 3 aromatic carbocycles. The minimum atomic E-state index is -1.00. The average Bonchev–Trinajstić information content (AvgIpc) is 2.71. The van der Waals surface area contributed by atoms with Crippen LogP contribution in [-0.4, -0.2) is 18.0 Å². The lowest BCUT2D eigenvalue weighted by Crippen LogP contribution is -2.30. The van der Waals surface area contributed by atoms with E-state index in [0.717, 1.165) is 11.1 Å². The van der Waals surface area contributed by atoms with E-state index >= 15 is 0 Å². The number of amides is 1. The molecule has 0 bridgehead atoms. The van der Waals surface area contributed by atoms with Gasteiger partial charge in [-0.15, -0.1) is 0 Å². The van der Waals surface area contributed by atoms with Gasteiger partial charge in [-0.05, 0) is 48.4 Å². The molecule has 0 aliphatic heterocycles. The molecule has 28 heavy (non-hydrogen) atoms. The van der Waals surface area contributed by atoms with Crippen LogP contribution in [0.1, 0.15) is 17.3 Å². The molecule has 0 spiro atoms. The average molecular weight is 414 g/mol. The fraction of sp³-hybridized carbons (Fsp3) is 0.0909. The lowest BCUT2D eigenvalue weighted by molar-refractivity contribution is -0.123. The Morgan fingerprint density at radius 1 is 0.893 bits per heavy atom. The van der Waals surface area contributed by atoms with Gasteiger partial charge in [0.1, 0.15) is 0 Å². The number of rotatable bonds is 5. The van der Waals surface area contributed by atoms with Gasteiger partial charge in [0.25, 0.3) is 5.91 Å². The molecular weight excluding hydrogens is 397 g/mol. The maximum Gasteiger partial charge on any atom is 0.338 e. The number of esters is 1. The number of benzene rings is 3. The zero-order chi connectivity index (χ0) is 20.1. The van der Waals surface area contributed by atoms with Crippen LogP contribution >= 0.6 is 23.2 Å². The largest absolute Gasteiger partial charge is 0.449 e. The van der Waals surface area contributed by atoms with Gasteiger partial charge < -0.3 is 10.1 Å². The Bertz CT molecular complexity index is 988. The van der Waals surface area contributed by atoms with Gasteiger partial charge in [0.15, 0.2) is 6.10 Å². The van der Waals surface area contributed by atoms with Crippen molar-refractivity contribution < 1.29 is 14.3 Å². The highest BCUT2D eigenvalue weighted by molar-refractivity contribution is 6.35. The summed E-state index contributed by atoms with van der Waals surface area (Å²) in [4.78, 5) is 24.6. The van der Waals surface area contributed by atoms with Crippen molar-refractivity contribution in [2.75, 3.05) is 5.32 Å². The third kappa shape index (κ3) is 4.91. The molecule has 0 aliphatic carbocycles. The van der Waals surface area contributed by atoms with Crippen LogP contribution in [0.2, 0.25) is 10.0 Å². The second-order valence-electron chi connectivity index (χ2n) is 6.10. The van der Waals surface area contributed by atoms with Crippen LogP contribution in [-0.2, 0) is 9.53 Å². The van der Waals surface area contributed by atoms with Crippen LogP contribution in [0, 0.1) is 0 Å². The molecule has 3 aromatic rings. The topological polar surface area (TPSA) is 55.4 Å². The Balaban J connectivity index is 1.63. The van der Waals surface area contributed by atoms with Crippen molar-refractivity contribution in [1.82, 2.24) is 0 Å². The Morgan fingerprint density at radius 3 is 2.21 bits per heavy atom. The molecule has 3 rings (SSSR count). The number of nitrogens with one attached hydrogen (secondary N) is 1. The van der Waals surface area contributed by atoms with Crippen molar-refractivity contribution in [2.24, 2.45) is 0 Å². The first-order valence-corrected chi connectivity index (χ1v) is 9.32. The van der Waals surface area contributed by atoms with Gasteiger partial charge in [0.05, 0.1) is 16.3 Å². The van der Waals surface area contributed by atoms with Crippen LogP contribution < -0.4 is 5.32 Å². The Morgan fingerprint density at radius 2 is 1.54 bits per heavy atom. The summed E-state index contributed by atoms with van der Waals surface area (Å²) in [5.41, 5.74) is 2.75. The molecule has 0 heterocycles. The number of carbonyl (C=O) groups excluding carboxylic acids is 2. The van der Waals surface area contributed by atoms with Crippen molar-refractivity contribution in [1.29, 1.82) is 0 Å². The Labute approximate surface area is 173 Å². The van der Waals surface area contributed by atoms with Gasteiger partial charge in [-0.3, -0.25) is 4.79 Å². The number of anilines is 1. The zero-order valence-electron chi connectivity index (χ0n) is 15.0. The predicted octanol–water partition coefficient (Wildman–Crippen LogP) is 5.84. The quantitative estimate of drug-likeness (QED) is 0.534. The van der Waals surface area contributed by atoms with Crippen LogP contribution in [0.25, 0.3) is 11.1 Å². The van der Waals surface area contributed by atoms with Crippen molar-refractivity contribution in [3.05, 3.63) is 88.4 Å². The molecule has 0 radical (unpaired) electrons. The molecule has 0 saturated heterocycles. The highest BCUT2D eigenvalue weighted by Gasteiger charge is 2.20. The number of ether oxygens (including phenoxy) is 1. The molecule has 0 aliphatic rings. The summed E-state index contributed by atoms with van der Waals surface area (Å²) in [6.07, 6.45) is -1.00. The smallest absolute Gasteiger partial charge is 0.338 e. The van der Waals surface area contributed by atoms with Gasteiger partial charge in [0.2, 0.25) is 0 Å². The van der Waals surface area contributed by atoms with Crippen LogP contribution in [0.15, 0.2) is 72.8 Å². The van der Waals surface area contributed by atoms with E-state index in [1.165, 1.54) is 13.0 Å². The van der Waals surface area contributed by atoms with Crippen LogP contribution in [0.3, 0.4) is 0 Å². The SMILES string of the molecule is C[C@H](OC(=O)c1ccc(-c2ccccc2)cc1)C(=O)Nc1cc(Cl)ccc1Cl. The van der Waals surface area contributed by atoms with E-state index in [9.17, 15) is 9.59 Å². The summed E-state index contributed by atoms with van der Waals surface area (Å²) in [6.45, 7) is 1.49. The second-order valence-corrected chi connectivity index (χ2v) is 6.95. The second kappa shape index (κ2) is 8.91. The summed E-state index contributed by atoms with van der Waals surface area (Å²) in [5, 5.41) is 3.38. The summed E-state index contributed by atoms with van der Waals surface area (Å²) >= 11 is 11.9. The third-order valence-corrected chi connectivity index (χ3v) is 4.63. The van der Waals surface area contributed by atoms with Gasteiger partial charge in [-0.25, -0.2) is 4.79 Å². The maximum absolute atomic E-state index is 12.3. The lowest BCUT2D eigenvalue weighted by atomic mass is 10.0. The van der Waals surface area contributed by atoms with E-state index in [2.05, 4.69) is 5.32 Å². The fourth-order valence-corrected chi connectivity index (χ4v) is 2.88. The predicted molar refractivity (Wildman–Crippen MR) is 112 cm³/mol. The first-order chi connectivity index (χ1) is 13.4. The van der Waals surface area contributed by atoms with E-state index in [-0.39, 0.29) is 0 Å². The molecule has 4 nitrogen and oxygen atoms in total. The van der Waals surface area contributed by atoms with E-state index in [4.69, 9.17) is 27.9 Å². The molecule has 1 atom stereocenters. The van der Waals surface area contributed by atoms with E-state index in [0.29, 0.717) is 21.3 Å². The van der Waals surface area contributed by atoms with Gasteiger partial charge in [-0.1, -0.05) is 65.7 Å². The van der Waals surface area contributed by atoms with Gasteiger partial charge in [0, 0.05) is 5.02 Å². The number of hydrogen-bond acceptors (Lipinski definition) is 3.